The minimum Gasteiger partial charge on any atom is -0.492 e. The molecule has 0 saturated heterocycles. The predicted molar refractivity (Wildman–Crippen MR) is 88.8 cm³/mol. The molecule has 0 aliphatic heterocycles. The van der Waals surface area contributed by atoms with Gasteiger partial charge in [-0.05, 0) is 18.6 Å². The molecular formula is C18H29ClO. The van der Waals surface area contributed by atoms with Crippen molar-refractivity contribution >= 4 is 11.6 Å². The maximum Gasteiger partial charge on any atom is 0.137 e. The summed E-state index contributed by atoms with van der Waals surface area (Å²) in [7, 11) is 0. The Hall–Kier alpha value is -0.690. The summed E-state index contributed by atoms with van der Waals surface area (Å²) in [4.78, 5) is 0. The molecule has 0 saturated carbocycles. The van der Waals surface area contributed by atoms with Crippen LogP contribution in [0.25, 0.3) is 0 Å². The number of hydrogen-bond acceptors (Lipinski definition) is 1. The van der Waals surface area contributed by atoms with E-state index in [4.69, 9.17) is 16.3 Å². The second kappa shape index (κ2) is 12.1. The van der Waals surface area contributed by atoms with Gasteiger partial charge < -0.3 is 4.74 Å². The number of rotatable bonds is 12. The van der Waals surface area contributed by atoms with Crippen LogP contribution < -0.4 is 4.74 Å². The monoisotopic (exact) mass is 296 g/mol. The average Bonchev–Trinajstić information content (AvgIpc) is 2.46. The summed E-state index contributed by atoms with van der Waals surface area (Å²) in [5.74, 6) is 0.810. The molecule has 1 aromatic carbocycles. The van der Waals surface area contributed by atoms with Crippen LogP contribution in [0, 0.1) is 0 Å². The first-order chi connectivity index (χ1) is 9.84. The Morgan fingerprint density at radius 1 is 0.800 bits per heavy atom. The minimum absolute atomic E-state index is 0.708. The van der Waals surface area contributed by atoms with Gasteiger partial charge in [-0.15, -0.1) is 0 Å². The van der Waals surface area contributed by atoms with Crippen molar-refractivity contribution in [3.8, 4) is 5.75 Å². The van der Waals surface area contributed by atoms with Crippen molar-refractivity contribution in [3.05, 3.63) is 29.3 Å². The van der Waals surface area contributed by atoms with Crippen LogP contribution in [0.5, 0.6) is 5.75 Å². The number of unbranched alkanes of at least 4 members (excludes halogenated alkanes) is 9. The van der Waals surface area contributed by atoms with Gasteiger partial charge in [-0.3, -0.25) is 0 Å². The number of para-hydroxylation sites is 1. The summed E-state index contributed by atoms with van der Waals surface area (Å²) in [6.45, 7) is 3.05. The second-order valence-electron chi connectivity index (χ2n) is 5.46. The molecule has 0 radical (unpaired) electrons. The molecule has 0 N–H and O–H groups in total. The summed E-state index contributed by atoms with van der Waals surface area (Å²) in [5.41, 5.74) is 0. The first-order valence-corrected chi connectivity index (χ1v) is 8.59. The molecule has 0 heterocycles. The number of hydrogen-bond donors (Lipinski definition) is 0. The Labute approximate surface area is 129 Å². The van der Waals surface area contributed by atoms with E-state index in [-0.39, 0.29) is 0 Å². The summed E-state index contributed by atoms with van der Waals surface area (Å²) >= 11 is 6.03. The van der Waals surface area contributed by atoms with Gasteiger partial charge in [0, 0.05) is 0 Å². The highest BCUT2D eigenvalue weighted by Gasteiger charge is 1.99. The van der Waals surface area contributed by atoms with Gasteiger partial charge in [0.1, 0.15) is 5.75 Å². The Bertz CT molecular complexity index is 338. The third-order valence-corrected chi connectivity index (χ3v) is 3.90. The van der Waals surface area contributed by atoms with Crippen LogP contribution in [0.3, 0.4) is 0 Å². The maximum atomic E-state index is 6.03. The molecule has 0 atom stereocenters. The van der Waals surface area contributed by atoms with Crippen LogP contribution in [0.2, 0.25) is 5.02 Å². The lowest BCUT2D eigenvalue weighted by Crippen LogP contribution is -1.97. The van der Waals surface area contributed by atoms with Crippen molar-refractivity contribution in [2.24, 2.45) is 0 Å². The van der Waals surface area contributed by atoms with E-state index in [1.165, 1.54) is 57.8 Å². The van der Waals surface area contributed by atoms with Crippen molar-refractivity contribution in [3.63, 3.8) is 0 Å². The lowest BCUT2D eigenvalue weighted by atomic mass is 10.1. The fourth-order valence-electron chi connectivity index (χ4n) is 2.33. The van der Waals surface area contributed by atoms with E-state index in [1.807, 2.05) is 24.3 Å². The zero-order chi connectivity index (χ0) is 14.5. The van der Waals surface area contributed by atoms with E-state index in [1.54, 1.807) is 0 Å². The van der Waals surface area contributed by atoms with E-state index in [2.05, 4.69) is 6.92 Å². The van der Waals surface area contributed by atoms with E-state index in [0.29, 0.717) is 5.02 Å². The number of halogens is 1. The van der Waals surface area contributed by atoms with Crippen molar-refractivity contribution in [2.45, 2.75) is 71.1 Å². The molecule has 1 nitrogen and oxygen atoms in total. The van der Waals surface area contributed by atoms with Gasteiger partial charge in [-0.2, -0.15) is 0 Å². The Morgan fingerprint density at radius 3 is 1.95 bits per heavy atom. The largest absolute Gasteiger partial charge is 0.492 e. The van der Waals surface area contributed by atoms with Gasteiger partial charge in [0.25, 0.3) is 0 Å². The van der Waals surface area contributed by atoms with Crippen LogP contribution in [0.15, 0.2) is 24.3 Å². The Kier molecular flexibility index (Phi) is 10.5. The number of benzene rings is 1. The molecule has 114 valence electrons. The third-order valence-electron chi connectivity index (χ3n) is 3.59. The summed E-state index contributed by atoms with van der Waals surface area (Å²) in [6.07, 6.45) is 13.5. The fourth-order valence-corrected chi connectivity index (χ4v) is 2.52. The Balaban J connectivity index is 1.87. The topological polar surface area (TPSA) is 9.23 Å². The summed E-state index contributed by atoms with van der Waals surface area (Å²) < 4.78 is 5.68. The highest BCUT2D eigenvalue weighted by molar-refractivity contribution is 6.32. The molecule has 0 aliphatic carbocycles. The summed E-state index contributed by atoms with van der Waals surface area (Å²) in [5, 5.41) is 0.708. The average molecular weight is 297 g/mol. The molecule has 0 aromatic heterocycles. The molecule has 0 aliphatic rings. The van der Waals surface area contributed by atoms with Crippen molar-refractivity contribution in [1.82, 2.24) is 0 Å². The van der Waals surface area contributed by atoms with Crippen LogP contribution in [0.1, 0.15) is 71.1 Å². The van der Waals surface area contributed by atoms with Crippen LogP contribution in [-0.2, 0) is 0 Å². The van der Waals surface area contributed by atoms with Gasteiger partial charge in [0.2, 0.25) is 0 Å². The minimum atomic E-state index is 0.708. The van der Waals surface area contributed by atoms with E-state index >= 15 is 0 Å². The van der Waals surface area contributed by atoms with Gasteiger partial charge in [-0.1, -0.05) is 88.4 Å². The van der Waals surface area contributed by atoms with Gasteiger partial charge in [0.15, 0.2) is 0 Å². The van der Waals surface area contributed by atoms with Crippen molar-refractivity contribution < 1.29 is 4.74 Å². The normalized spacial score (nSPS) is 10.7. The molecule has 0 amide bonds. The maximum absolute atomic E-state index is 6.03. The first-order valence-electron chi connectivity index (χ1n) is 8.22. The van der Waals surface area contributed by atoms with Crippen molar-refractivity contribution in [2.75, 3.05) is 6.61 Å². The third kappa shape index (κ3) is 8.47. The Morgan fingerprint density at radius 2 is 1.35 bits per heavy atom. The second-order valence-corrected chi connectivity index (χ2v) is 5.87. The number of ether oxygens (including phenoxy) is 1. The standard InChI is InChI=1S/C18H29ClO/c1-2-3-4-5-6-7-8-9-10-13-16-20-18-15-12-11-14-17(18)19/h11-12,14-15H,2-10,13,16H2,1H3. The zero-order valence-corrected chi connectivity index (χ0v) is 13.6. The first kappa shape index (κ1) is 17.4. The van der Waals surface area contributed by atoms with E-state index in [0.717, 1.165) is 18.8 Å². The van der Waals surface area contributed by atoms with E-state index < -0.39 is 0 Å². The molecule has 1 aromatic rings. The fraction of sp³-hybridized carbons (Fsp3) is 0.667. The zero-order valence-electron chi connectivity index (χ0n) is 12.9. The quantitative estimate of drug-likeness (QED) is 0.393. The molecule has 2 heteroatoms. The highest BCUT2D eigenvalue weighted by atomic mass is 35.5. The SMILES string of the molecule is CCCCCCCCCCCCOc1ccccc1Cl. The molecule has 0 unspecified atom stereocenters. The molecular weight excluding hydrogens is 268 g/mol. The molecule has 1 rings (SSSR count). The predicted octanol–water partition coefficient (Wildman–Crippen LogP) is 6.64. The lowest BCUT2D eigenvalue weighted by molar-refractivity contribution is 0.304. The molecule has 20 heavy (non-hydrogen) atoms. The van der Waals surface area contributed by atoms with Gasteiger partial charge >= 0.3 is 0 Å². The van der Waals surface area contributed by atoms with Crippen LogP contribution in [-0.4, -0.2) is 6.61 Å². The van der Waals surface area contributed by atoms with Gasteiger partial charge in [-0.25, -0.2) is 0 Å². The van der Waals surface area contributed by atoms with Crippen molar-refractivity contribution in [1.29, 1.82) is 0 Å². The highest BCUT2D eigenvalue weighted by Crippen LogP contribution is 2.23. The van der Waals surface area contributed by atoms with Gasteiger partial charge in [0.05, 0.1) is 11.6 Å². The molecule has 0 fully saturated rings. The van der Waals surface area contributed by atoms with Crippen LogP contribution >= 0.6 is 11.6 Å². The lowest BCUT2D eigenvalue weighted by Gasteiger charge is -2.07. The molecule has 0 spiro atoms. The summed E-state index contributed by atoms with van der Waals surface area (Å²) in [6, 6.07) is 7.68. The van der Waals surface area contributed by atoms with Crippen LogP contribution in [0.4, 0.5) is 0 Å². The van der Waals surface area contributed by atoms with E-state index in [9.17, 15) is 0 Å². The smallest absolute Gasteiger partial charge is 0.137 e. The molecule has 0 bridgehead atoms.